The number of hydrogen-bond acceptors (Lipinski definition) is 1. The number of hydrogen-bond donors (Lipinski definition) is 0. The van der Waals surface area contributed by atoms with E-state index < -0.39 is 0 Å². The van der Waals surface area contributed by atoms with Crippen LogP contribution in [0.5, 0.6) is 0 Å². The van der Waals surface area contributed by atoms with Gasteiger partial charge >= 0.3 is 0 Å². The van der Waals surface area contributed by atoms with Crippen LogP contribution >= 0.6 is 0 Å². The van der Waals surface area contributed by atoms with Gasteiger partial charge in [-0.25, -0.2) is 0 Å². The predicted octanol–water partition coefficient (Wildman–Crippen LogP) is 1.09. The Morgan fingerprint density at radius 2 is 2.36 bits per heavy atom. The molecule has 0 amide bonds. The minimum absolute atomic E-state index is 0.873. The van der Waals surface area contributed by atoms with Crippen molar-refractivity contribution in [3.8, 4) is 0 Å². The van der Waals surface area contributed by atoms with Crippen LogP contribution in [0, 0.1) is 6.92 Å². The number of rotatable bonds is 0. The molecule has 0 unspecified atom stereocenters. The maximum atomic E-state index is 3.91. The van der Waals surface area contributed by atoms with E-state index in [0.717, 1.165) is 5.84 Å². The van der Waals surface area contributed by atoms with Crippen LogP contribution in [-0.4, -0.2) is 10.4 Å². The summed E-state index contributed by atoms with van der Waals surface area (Å²) in [7, 11) is 0. The molecule has 0 fully saturated rings. The second-order valence-electron chi connectivity index (χ2n) is 2.49. The third-order valence-corrected chi connectivity index (χ3v) is 1.56. The molecule has 0 spiro atoms. The number of aromatic nitrogens is 1. The van der Waals surface area contributed by atoms with Gasteiger partial charge in [-0.15, -0.1) is 5.10 Å². The van der Waals surface area contributed by atoms with Crippen LogP contribution in [0.2, 0.25) is 0 Å². The van der Waals surface area contributed by atoms with Crippen molar-refractivity contribution in [3.05, 3.63) is 36.3 Å². The van der Waals surface area contributed by atoms with Crippen molar-refractivity contribution in [3.63, 3.8) is 0 Å². The van der Waals surface area contributed by atoms with Gasteiger partial charge in [-0.3, -0.25) is 0 Å². The highest BCUT2D eigenvalue weighted by molar-refractivity contribution is 5.95. The molecule has 55 valence electrons. The first-order valence-electron chi connectivity index (χ1n) is 3.45. The van der Waals surface area contributed by atoms with Gasteiger partial charge in [-0.2, -0.15) is 5.43 Å². The van der Waals surface area contributed by atoms with E-state index in [-0.39, 0.29) is 0 Å². The quantitative estimate of drug-likeness (QED) is 0.524. The van der Waals surface area contributed by atoms with Crippen molar-refractivity contribution in [1.29, 1.82) is 0 Å². The van der Waals surface area contributed by atoms with Gasteiger partial charge in [0.25, 0.3) is 0 Å². The van der Waals surface area contributed by atoms with Crippen molar-refractivity contribution in [2.24, 2.45) is 5.10 Å². The monoisotopic (exact) mass is 146 g/mol. The third kappa shape index (κ3) is 1.05. The highest BCUT2D eigenvalue weighted by atomic mass is 15.3. The van der Waals surface area contributed by atoms with Crippen LogP contribution in [-0.2, 0) is 0 Å². The highest BCUT2D eigenvalue weighted by Crippen LogP contribution is 2.01. The first-order chi connectivity index (χ1) is 5.36. The van der Waals surface area contributed by atoms with Crippen LogP contribution in [0.25, 0.3) is 0 Å². The van der Waals surface area contributed by atoms with Gasteiger partial charge in [-0.1, -0.05) is 0 Å². The first-order valence-corrected chi connectivity index (χ1v) is 3.45. The lowest BCUT2D eigenvalue weighted by Gasteiger charge is -1.94. The average Bonchev–Trinajstić information content (AvgIpc) is 2.55. The molecule has 1 radical (unpaired) electrons. The minimum Gasteiger partial charge on any atom is -0.307 e. The van der Waals surface area contributed by atoms with E-state index in [1.807, 2.05) is 36.0 Å². The maximum absolute atomic E-state index is 3.91. The molecular formula is C8H8N3. The molecule has 1 aromatic rings. The van der Waals surface area contributed by atoms with E-state index in [1.54, 1.807) is 6.20 Å². The summed E-state index contributed by atoms with van der Waals surface area (Å²) in [6.07, 6.45) is 7.55. The number of allylic oxidation sites excluding steroid dienone is 1. The van der Waals surface area contributed by atoms with Crippen LogP contribution in [0.1, 0.15) is 5.56 Å². The van der Waals surface area contributed by atoms with E-state index in [0.29, 0.717) is 0 Å². The average molecular weight is 146 g/mol. The van der Waals surface area contributed by atoms with Crippen LogP contribution in [0.15, 0.2) is 35.8 Å². The molecule has 0 atom stereocenters. The van der Waals surface area contributed by atoms with Crippen molar-refractivity contribution in [2.75, 3.05) is 0 Å². The van der Waals surface area contributed by atoms with E-state index in [1.165, 1.54) is 5.56 Å². The Kier molecular flexibility index (Phi) is 1.28. The van der Waals surface area contributed by atoms with E-state index >= 15 is 0 Å². The molecule has 0 aliphatic carbocycles. The molecule has 0 aromatic carbocycles. The number of nitrogens with zero attached hydrogens (tertiary/aromatic N) is 3. The van der Waals surface area contributed by atoms with Crippen molar-refractivity contribution < 1.29 is 0 Å². The lowest BCUT2D eigenvalue weighted by atomic mass is 10.4. The Morgan fingerprint density at radius 1 is 1.45 bits per heavy atom. The Hall–Kier alpha value is -1.51. The van der Waals surface area contributed by atoms with Crippen molar-refractivity contribution in [2.45, 2.75) is 6.92 Å². The van der Waals surface area contributed by atoms with E-state index in [4.69, 9.17) is 0 Å². The fourth-order valence-electron chi connectivity index (χ4n) is 1.01. The largest absolute Gasteiger partial charge is 0.307 e. The summed E-state index contributed by atoms with van der Waals surface area (Å²) in [5.41, 5.74) is 4.97. The summed E-state index contributed by atoms with van der Waals surface area (Å²) in [4.78, 5) is 0. The zero-order valence-electron chi connectivity index (χ0n) is 6.23. The first kappa shape index (κ1) is 6.22. The third-order valence-electron chi connectivity index (χ3n) is 1.56. The van der Waals surface area contributed by atoms with Gasteiger partial charge in [0, 0.05) is 18.5 Å². The van der Waals surface area contributed by atoms with Gasteiger partial charge in [0.1, 0.15) is 0 Å². The second kappa shape index (κ2) is 2.27. The molecule has 1 aliphatic heterocycles. The lowest BCUT2D eigenvalue weighted by molar-refractivity contribution is 0.955. The minimum atomic E-state index is 0.873. The molecule has 0 saturated carbocycles. The molecule has 2 heterocycles. The number of aryl methyl sites for hydroxylation is 1. The summed E-state index contributed by atoms with van der Waals surface area (Å²) in [6.45, 7) is 2.05. The topological polar surface area (TPSA) is 31.4 Å². The molecular weight excluding hydrogens is 138 g/mol. The Labute approximate surface area is 65.0 Å². The predicted molar refractivity (Wildman–Crippen MR) is 43.3 cm³/mol. The highest BCUT2D eigenvalue weighted by Gasteiger charge is 2.01. The molecule has 3 heteroatoms. The molecule has 3 nitrogen and oxygen atoms in total. The van der Waals surface area contributed by atoms with Crippen LogP contribution < -0.4 is 5.43 Å². The smallest absolute Gasteiger partial charge is 0.160 e. The normalized spacial score (nSPS) is 14.8. The zero-order chi connectivity index (χ0) is 7.68. The summed E-state index contributed by atoms with van der Waals surface area (Å²) in [5.74, 6) is 0.873. The Balaban J connectivity index is 2.36. The van der Waals surface area contributed by atoms with Crippen LogP contribution in [0.3, 0.4) is 0 Å². The van der Waals surface area contributed by atoms with Gasteiger partial charge in [-0.05, 0) is 18.6 Å². The fraction of sp³-hybridized carbons (Fsp3) is 0.125. The molecule has 0 bridgehead atoms. The molecule has 0 saturated heterocycles. The summed E-state index contributed by atoms with van der Waals surface area (Å²) in [5, 5.41) is 3.91. The standard InChI is InChI=1S/C8H8N3/c1-7-3-5-11(6-7)8-2-4-9-10-8/h2-6H,1H3. The SMILES string of the molecule is Cc1ccn(C2=N[N]C=C2)c1. The fourth-order valence-corrected chi connectivity index (χ4v) is 1.01. The lowest BCUT2D eigenvalue weighted by Crippen LogP contribution is -2.03. The summed E-state index contributed by atoms with van der Waals surface area (Å²) < 4.78 is 1.95. The van der Waals surface area contributed by atoms with Crippen molar-refractivity contribution in [1.82, 2.24) is 9.99 Å². The summed E-state index contributed by atoms with van der Waals surface area (Å²) >= 11 is 0. The van der Waals surface area contributed by atoms with Gasteiger partial charge < -0.3 is 4.57 Å². The Bertz CT molecular complexity index is 320. The Morgan fingerprint density at radius 3 is 2.91 bits per heavy atom. The molecule has 2 rings (SSSR count). The zero-order valence-corrected chi connectivity index (χ0v) is 6.23. The maximum Gasteiger partial charge on any atom is 0.160 e. The molecule has 1 aliphatic rings. The van der Waals surface area contributed by atoms with Crippen LogP contribution in [0.4, 0.5) is 0 Å². The molecule has 11 heavy (non-hydrogen) atoms. The van der Waals surface area contributed by atoms with Gasteiger partial charge in [0.15, 0.2) is 5.84 Å². The van der Waals surface area contributed by atoms with Gasteiger partial charge in [0.05, 0.1) is 6.20 Å². The molecule has 1 aromatic heterocycles. The van der Waals surface area contributed by atoms with Gasteiger partial charge in [0.2, 0.25) is 0 Å². The van der Waals surface area contributed by atoms with Crippen molar-refractivity contribution >= 4 is 5.84 Å². The summed E-state index contributed by atoms with van der Waals surface area (Å²) in [6, 6.07) is 2.04. The van der Waals surface area contributed by atoms with E-state index in [2.05, 4.69) is 10.5 Å². The molecule has 0 N–H and O–H groups in total. The second-order valence-corrected chi connectivity index (χ2v) is 2.49. The van der Waals surface area contributed by atoms with E-state index in [9.17, 15) is 0 Å².